The van der Waals surface area contributed by atoms with E-state index in [4.69, 9.17) is 4.74 Å². The van der Waals surface area contributed by atoms with Gasteiger partial charge in [0, 0.05) is 36.1 Å². The first-order valence-corrected chi connectivity index (χ1v) is 7.27. The van der Waals surface area contributed by atoms with E-state index in [1.165, 1.54) is 0 Å². The van der Waals surface area contributed by atoms with E-state index in [-0.39, 0.29) is 11.7 Å². The molecule has 1 heterocycles. The lowest BCUT2D eigenvalue weighted by Gasteiger charge is -2.17. The lowest BCUT2D eigenvalue weighted by molar-refractivity contribution is 0.0779. The number of phenolic OH excluding ortho intramolecular Hbond substituents is 1. The fraction of sp³-hybridized carbons (Fsp3) is 0.167. The number of rotatable bonds is 4. The Morgan fingerprint density at radius 1 is 1.22 bits per heavy atom. The quantitative estimate of drug-likeness (QED) is 0.778. The molecule has 0 unspecified atom stereocenters. The van der Waals surface area contributed by atoms with Crippen molar-refractivity contribution in [2.75, 3.05) is 14.2 Å². The third kappa shape index (κ3) is 2.99. The summed E-state index contributed by atoms with van der Waals surface area (Å²) in [5.41, 5.74) is 2.07. The monoisotopic (exact) mass is 310 g/mol. The lowest BCUT2D eigenvalue weighted by Crippen LogP contribution is -2.26. The summed E-state index contributed by atoms with van der Waals surface area (Å²) in [5, 5.41) is 10.8. The number of nitrogens with one attached hydrogen (secondary N) is 1. The summed E-state index contributed by atoms with van der Waals surface area (Å²) >= 11 is 0. The molecule has 0 radical (unpaired) electrons. The summed E-state index contributed by atoms with van der Waals surface area (Å²) < 4.78 is 5.19. The normalized spacial score (nSPS) is 10.7. The molecule has 0 fully saturated rings. The van der Waals surface area contributed by atoms with Gasteiger partial charge < -0.3 is 19.7 Å². The highest BCUT2D eigenvalue weighted by atomic mass is 16.5. The standard InChI is InChI=1S/C18H18N2O3/c1-20(11-13-5-3-4-6-17(13)21)18(22)16-9-12-7-8-14(23-2)10-15(12)19-16/h3-10,19,21H,11H2,1-2H3. The second kappa shape index (κ2) is 6.04. The molecule has 2 N–H and O–H groups in total. The van der Waals surface area contributed by atoms with Gasteiger partial charge in [0.15, 0.2) is 0 Å². The van der Waals surface area contributed by atoms with Crippen LogP contribution in [0.3, 0.4) is 0 Å². The molecule has 5 nitrogen and oxygen atoms in total. The van der Waals surface area contributed by atoms with E-state index in [2.05, 4.69) is 4.98 Å². The van der Waals surface area contributed by atoms with E-state index in [9.17, 15) is 9.90 Å². The number of nitrogens with zero attached hydrogens (tertiary/aromatic N) is 1. The molecule has 3 rings (SSSR count). The van der Waals surface area contributed by atoms with Gasteiger partial charge in [0.25, 0.3) is 5.91 Å². The fourth-order valence-corrected chi connectivity index (χ4v) is 2.53. The minimum absolute atomic E-state index is 0.136. The lowest BCUT2D eigenvalue weighted by atomic mass is 10.2. The summed E-state index contributed by atoms with van der Waals surface area (Å²) in [7, 11) is 3.32. The molecule has 1 aromatic heterocycles. The van der Waals surface area contributed by atoms with Gasteiger partial charge in [-0.3, -0.25) is 4.79 Å². The number of ether oxygens (including phenoxy) is 1. The van der Waals surface area contributed by atoms with Gasteiger partial charge >= 0.3 is 0 Å². The molecule has 23 heavy (non-hydrogen) atoms. The summed E-state index contributed by atoms with van der Waals surface area (Å²) in [6.07, 6.45) is 0. The van der Waals surface area contributed by atoms with Gasteiger partial charge in [-0.05, 0) is 24.3 Å². The fourth-order valence-electron chi connectivity index (χ4n) is 2.53. The molecule has 2 aromatic carbocycles. The molecule has 0 bridgehead atoms. The number of hydrogen-bond donors (Lipinski definition) is 2. The molecule has 1 amide bonds. The van der Waals surface area contributed by atoms with Gasteiger partial charge in [-0.25, -0.2) is 0 Å². The molecule has 3 aromatic rings. The number of carbonyl (C=O) groups is 1. The topological polar surface area (TPSA) is 65.6 Å². The number of aromatic hydroxyl groups is 1. The van der Waals surface area contributed by atoms with Crippen LogP contribution in [0.1, 0.15) is 16.1 Å². The minimum atomic E-state index is -0.136. The molecule has 5 heteroatoms. The van der Waals surface area contributed by atoms with Crippen LogP contribution in [0, 0.1) is 0 Å². The Morgan fingerprint density at radius 3 is 2.74 bits per heavy atom. The highest BCUT2D eigenvalue weighted by Gasteiger charge is 2.16. The van der Waals surface area contributed by atoms with Gasteiger partial charge in [0.2, 0.25) is 0 Å². The van der Waals surface area contributed by atoms with Crippen LogP contribution in [-0.2, 0) is 6.54 Å². The second-order valence-corrected chi connectivity index (χ2v) is 5.43. The van der Waals surface area contributed by atoms with Gasteiger partial charge in [-0.15, -0.1) is 0 Å². The van der Waals surface area contributed by atoms with E-state index < -0.39 is 0 Å². The average Bonchev–Trinajstić information content (AvgIpc) is 2.99. The van der Waals surface area contributed by atoms with Crippen molar-refractivity contribution >= 4 is 16.8 Å². The highest BCUT2D eigenvalue weighted by molar-refractivity contribution is 5.98. The molecule has 0 aliphatic rings. The maximum atomic E-state index is 12.6. The van der Waals surface area contributed by atoms with Gasteiger partial charge in [0.05, 0.1) is 7.11 Å². The Kier molecular flexibility index (Phi) is 3.93. The Balaban J connectivity index is 1.83. The zero-order valence-corrected chi connectivity index (χ0v) is 13.0. The Bertz CT molecular complexity index is 854. The summed E-state index contributed by atoms with van der Waals surface area (Å²) in [5.74, 6) is 0.790. The zero-order valence-electron chi connectivity index (χ0n) is 13.0. The van der Waals surface area contributed by atoms with Crippen molar-refractivity contribution in [1.29, 1.82) is 0 Å². The van der Waals surface area contributed by atoms with Crippen LogP contribution in [0.15, 0.2) is 48.5 Å². The summed E-state index contributed by atoms with van der Waals surface area (Å²) in [6.45, 7) is 0.337. The first-order chi connectivity index (χ1) is 11.1. The number of aromatic amines is 1. The van der Waals surface area contributed by atoms with Crippen LogP contribution in [0.25, 0.3) is 10.9 Å². The van der Waals surface area contributed by atoms with Crippen LogP contribution in [-0.4, -0.2) is 35.1 Å². The minimum Gasteiger partial charge on any atom is -0.508 e. The molecule has 0 aliphatic carbocycles. The van der Waals surface area contributed by atoms with Gasteiger partial charge in [0.1, 0.15) is 17.2 Å². The molecule has 0 spiro atoms. The molecular weight excluding hydrogens is 292 g/mol. The van der Waals surface area contributed by atoms with Crippen molar-refractivity contribution in [2.45, 2.75) is 6.54 Å². The van der Waals surface area contributed by atoms with Crippen LogP contribution in [0.5, 0.6) is 11.5 Å². The van der Waals surface area contributed by atoms with Crippen molar-refractivity contribution in [3.05, 3.63) is 59.8 Å². The molecule has 0 saturated heterocycles. The van der Waals surface area contributed by atoms with Crippen LogP contribution in [0.4, 0.5) is 0 Å². The van der Waals surface area contributed by atoms with E-state index in [0.717, 1.165) is 16.7 Å². The molecule has 0 aliphatic heterocycles. The third-order valence-electron chi connectivity index (χ3n) is 3.81. The smallest absolute Gasteiger partial charge is 0.270 e. The number of benzene rings is 2. The Hall–Kier alpha value is -2.95. The van der Waals surface area contributed by atoms with Crippen molar-refractivity contribution < 1.29 is 14.6 Å². The predicted octanol–water partition coefficient (Wildman–Crippen LogP) is 3.15. The number of para-hydroxylation sites is 1. The van der Waals surface area contributed by atoms with E-state index in [1.807, 2.05) is 30.3 Å². The predicted molar refractivity (Wildman–Crippen MR) is 88.8 cm³/mol. The first kappa shape index (κ1) is 15.0. The highest BCUT2D eigenvalue weighted by Crippen LogP contribution is 2.23. The van der Waals surface area contributed by atoms with E-state index in [0.29, 0.717) is 17.8 Å². The van der Waals surface area contributed by atoms with Crippen molar-refractivity contribution in [3.8, 4) is 11.5 Å². The van der Waals surface area contributed by atoms with Crippen molar-refractivity contribution in [1.82, 2.24) is 9.88 Å². The van der Waals surface area contributed by atoms with E-state index >= 15 is 0 Å². The maximum Gasteiger partial charge on any atom is 0.270 e. The second-order valence-electron chi connectivity index (χ2n) is 5.43. The molecular formula is C18H18N2O3. The number of carbonyl (C=O) groups excluding carboxylic acids is 1. The third-order valence-corrected chi connectivity index (χ3v) is 3.81. The number of H-pyrrole nitrogens is 1. The average molecular weight is 310 g/mol. The number of phenols is 1. The summed E-state index contributed by atoms with van der Waals surface area (Å²) in [6, 6.07) is 14.4. The van der Waals surface area contributed by atoms with Gasteiger partial charge in [-0.2, -0.15) is 0 Å². The number of methoxy groups -OCH3 is 1. The largest absolute Gasteiger partial charge is 0.508 e. The Labute approximate surface area is 134 Å². The zero-order chi connectivity index (χ0) is 16.4. The number of fused-ring (bicyclic) bond motifs is 1. The Morgan fingerprint density at radius 2 is 2.00 bits per heavy atom. The van der Waals surface area contributed by atoms with Crippen molar-refractivity contribution in [3.63, 3.8) is 0 Å². The molecule has 0 atom stereocenters. The summed E-state index contributed by atoms with van der Waals surface area (Å²) in [4.78, 5) is 17.3. The maximum absolute atomic E-state index is 12.6. The van der Waals surface area contributed by atoms with Gasteiger partial charge in [-0.1, -0.05) is 18.2 Å². The number of aromatic nitrogens is 1. The number of amides is 1. The number of hydrogen-bond acceptors (Lipinski definition) is 3. The van der Waals surface area contributed by atoms with Crippen LogP contribution >= 0.6 is 0 Å². The van der Waals surface area contributed by atoms with Crippen LogP contribution in [0.2, 0.25) is 0 Å². The first-order valence-electron chi connectivity index (χ1n) is 7.27. The van der Waals surface area contributed by atoms with Crippen LogP contribution < -0.4 is 4.74 Å². The van der Waals surface area contributed by atoms with Crippen molar-refractivity contribution in [2.24, 2.45) is 0 Å². The SMILES string of the molecule is COc1ccc2cc(C(=O)N(C)Cc3ccccc3O)[nH]c2c1. The molecule has 118 valence electrons. The van der Waals surface area contributed by atoms with E-state index in [1.54, 1.807) is 37.3 Å². The molecule has 0 saturated carbocycles.